The van der Waals surface area contributed by atoms with Gasteiger partial charge in [-0.3, -0.25) is 0 Å². The molecule has 0 saturated carbocycles. The van der Waals surface area contributed by atoms with Crippen LogP contribution in [0, 0.1) is 0 Å². The molecule has 12 heavy (non-hydrogen) atoms. The minimum atomic E-state index is -0.470. The first-order valence-electron chi connectivity index (χ1n) is 4.39. The molecule has 0 aromatic carbocycles. The molecule has 0 aliphatic carbocycles. The van der Waals surface area contributed by atoms with Crippen molar-refractivity contribution in [2.24, 2.45) is 0 Å². The Balaban J connectivity index is 1.80. The van der Waals surface area contributed by atoms with Crippen molar-refractivity contribution in [1.82, 2.24) is 0 Å². The van der Waals surface area contributed by atoms with E-state index in [9.17, 15) is 0 Å². The highest BCUT2D eigenvalue weighted by atomic mass is 16.7. The zero-order valence-corrected chi connectivity index (χ0v) is 6.94. The van der Waals surface area contributed by atoms with Crippen molar-refractivity contribution in [1.29, 1.82) is 0 Å². The topological polar surface area (TPSA) is 47.9 Å². The highest BCUT2D eigenvalue weighted by Crippen LogP contribution is 2.21. The summed E-state index contributed by atoms with van der Waals surface area (Å²) in [7, 11) is 0. The lowest BCUT2D eigenvalue weighted by molar-refractivity contribution is -0.251. The van der Waals surface area contributed by atoms with E-state index in [2.05, 4.69) is 0 Å². The van der Waals surface area contributed by atoms with Crippen LogP contribution in [0.5, 0.6) is 0 Å². The normalized spacial score (nSPS) is 43.2. The fourth-order valence-corrected chi connectivity index (χ4v) is 1.54. The molecule has 2 aliphatic heterocycles. The Labute approximate surface area is 71.4 Å². The maximum atomic E-state index is 9.08. The van der Waals surface area contributed by atoms with E-state index in [1.165, 1.54) is 0 Å². The van der Waals surface area contributed by atoms with Gasteiger partial charge in [-0.15, -0.1) is 0 Å². The van der Waals surface area contributed by atoms with E-state index >= 15 is 0 Å². The van der Waals surface area contributed by atoms with E-state index in [1.54, 1.807) is 0 Å². The number of rotatable bonds is 1. The Morgan fingerprint density at radius 1 is 1.08 bits per heavy atom. The van der Waals surface area contributed by atoms with E-state index in [-0.39, 0.29) is 12.4 Å². The van der Waals surface area contributed by atoms with Gasteiger partial charge in [-0.1, -0.05) is 0 Å². The van der Waals surface area contributed by atoms with Crippen molar-refractivity contribution >= 4 is 0 Å². The molecule has 4 nitrogen and oxygen atoms in total. The number of hydrogen-bond donors (Lipinski definition) is 1. The second kappa shape index (κ2) is 3.70. The lowest BCUT2D eigenvalue weighted by atomic mass is 10.2. The highest BCUT2D eigenvalue weighted by molar-refractivity contribution is 4.72. The lowest BCUT2D eigenvalue weighted by Gasteiger charge is -2.29. The molecule has 2 aliphatic rings. The van der Waals surface area contributed by atoms with Crippen LogP contribution < -0.4 is 0 Å². The Morgan fingerprint density at radius 3 is 2.42 bits per heavy atom. The summed E-state index contributed by atoms with van der Waals surface area (Å²) in [6, 6.07) is 0. The van der Waals surface area contributed by atoms with E-state index in [0.717, 1.165) is 19.4 Å². The first-order valence-corrected chi connectivity index (χ1v) is 4.39. The summed E-state index contributed by atoms with van der Waals surface area (Å²) in [5.74, 6) is 0. The third-order valence-electron chi connectivity index (χ3n) is 2.17. The second-order valence-electron chi connectivity index (χ2n) is 3.24. The molecule has 0 radical (unpaired) electrons. The zero-order chi connectivity index (χ0) is 8.39. The van der Waals surface area contributed by atoms with Crippen molar-refractivity contribution in [2.75, 3.05) is 19.8 Å². The Kier molecular flexibility index (Phi) is 2.60. The van der Waals surface area contributed by atoms with Crippen LogP contribution in [-0.2, 0) is 14.2 Å². The third kappa shape index (κ3) is 1.77. The van der Waals surface area contributed by atoms with Crippen molar-refractivity contribution < 1.29 is 19.3 Å². The minimum absolute atomic E-state index is 0.0810. The molecule has 0 bridgehead atoms. The monoisotopic (exact) mass is 174 g/mol. The number of aliphatic hydroxyl groups is 1. The van der Waals surface area contributed by atoms with E-state index in [4.69, 9.17) is 19.3 Å². The molecule has 0 unspecified atom stereocenters. The molecule has 70 valence electrons. The van der Waals surface area contributed by atoms with Crippen LogP contribution in [0.25, 0.3) is 0 Å². The average Bonchev–Trinajstić information content (AvgIpc) is 2.58. The highest BCUT2D eigenvalue weighted by Gasteiger charge is 2.31. The molecule has 1 atom stereocenters. The molecular formula is C8H14O4. The molecular weight excluding hydrogens is 160 g/mol. The standard InChI is InChI=1S/C8H14O4/c9-6-4-11-8(12-5-6)7-2-1-3-10-7/h6-9H,1-5H2/t6?,7-,8?/m1/s1. The Bertz CT molecular complexity index is 136. The van der Waals surface area contributed by atoms with E-state index < -0.39 is 6.10 Å². The van der Waals surface area contributed by atoms with Crippen molar-refractivity contribution in [3.8, 4) is 0 Å². The number of ether oxygens (including phenoxy) is 3. The summed E-state index contributed by atoms with van der Waals surface area (Å²) in [5, 5.41) is 9.08. The fraction of sp³-hybridized carbons (Fsp3) is 1.00. The summed E-state index contributed by atoms with van der Waals surface area (Å²) in [6.45, 7) is 1.53. The number of aliphatic hydroxyl groups excluding tert-OH is 1. The smallest absolute Gasteiger partial charge is 0.183 e. The maximum absolute atomic E-state index is 9.08. The van der Waals surface area contributed by atoms with Crippen LogP contribution in [0.3, 0.4) is 0 Å². The Hall–Kier alpha value is -0.160. The maximum Gasteiger partial charge on any atom is 0.183 e. The van der Waals surface area contributed by atoms with Crippen molar-refractivity contribution in [2.45, 2.75) is 31.3 Å². The van der Waals surface area contributed by atoms with Crippen LogP contribution in [-0.4, -0.2) is 43.4 Å². The van der Waals surface area contributed by atoms with Gasteiger partial charge in [-0.2, -0.15) is 0 Å². The molecule has 0 aromatic heterocycles. The largest absolute Gasteiger partial charge is 0.388 e. The van der Waals surface area contributed by atoms with Gasteiger partial charge >= 0.3 is 0 Å². The van der Waals surface area contributed by atoms with Crippen LogP contribution in [0.1, 0.15) is 12.8 Å². The zero-order valence-electron chi connectivity index (χ0n) is 6.94. The summed E-state index contributed by atoms with van der Waals surface area (Å²) in [6.07, 6.45) is 1.44. The molecule has 2 rings (SSSR count). The summed E-state index contributed by atoms with van der Waals surface area (Å²) >= 11 is 0. The predicted octanol–water partition coefficient (Wildman–Crippen LogP) is -0.101. The summed E-state index contributed by atoms with van der Waals surface area (Å²) in [4.78, 5) is 0. The first kappa shape index (κ1) is 8.44. The first-order chi connectivity index (χ1) is 5.86. The summed E-state index contributed by atoms with van der Waals surface area (Å²) in [5.41, 5.74) is 0. The number of hydrogen-bond acceptors (Lipinski definition) is 4. The van der Waals surface area contributed by atoms with E-state index in [0.29, 0.717) is 13.2 Å². The van der Waals surface area contributed by atoms with Crippen LogP contribution in [0.4, 0.5) is 0 Å². The van der Waals surface area contributed by atoms with Crippen LogP contribution in [0.15, 0.2) is 0 Å². The molecule has 0 spiro atoms. The average molecular weight is 174 g/mol. The van der Waals surface area contributed by atoms with Gasteiger partial charge < -0.3 is 19.3 Å². The molecule has 0 amide bonds. The Morgan fingerprint density at radius 2 is 1.83 bits per heavy atom. The SMILES string of the molecule is OC1COC([C@H]2CCCO2)OC1. The fourth-order valence-electron chi connectivity index (χ4n) is 1.54. The van der Waals surface area contributed by atoms with Crippen LogP contribution in [0.2, 0.25) is 0 Å². The van der Waals surface area contributed by atoms with Gasteiger partial charge in [-0.25, -0.2) is 0 Å². The molecule has 2 fully saturated rings. The molecule has 4 heteroatoms. The quantitative estimate of drug-likeness (QED) is 0.603. The minimum Gasteiger partial charge on any atom is -0.388 e. The van der Waals surface area contributed by atoms with Crippen molar-refractivity contribution in [3.05, 3.63) is 0 Å². The van der Waals surface area contributed by atoms with Crippen molar-refractivity contribution in [3.63, 3.8) is 0 Å². The molecule has 1 N–H and O–H groups in total. The third-order valence-corrected chi connectivity index (χ3v) is 2.17. The van der Waals surface area contributed by atoms with E-state index in [1.807, 2.05) is 0 Å². The van der Waals surface area contributed by atoms with Gasteiger partial charge in [0.1, 0.15) is 12.2 Å². The molecule has 2 heterocycles. The van der Waals surface area contributed by atoms with Gasteiger partial charge in [0.15, 0.2) is 6.29 Å². The molecule has 0 aromatic rings. The van der Waals surface area contributed by atoms with Gasteiger partial charge in [0.2, 0.25) is 0 Å². The van der Waals surface area contributed by atoms with Gasteiger partial charge in [-0.05, 0) is 12.8 Å². The van der Waals surface area contributed by atoms with Gasteiger partial charge in [0.05, 0.1) is 13.2 Å². The van der Waals surface area contributed by atoms with Gasteiger partial charge in [0.25, 0.3) is 0 Å². The lowest BCUT2D eigenvalue weighted by Crippen LogP contribution is -2.41. The van der Waals surface area contributed by atoms with Gasteiger partial charge in [0, 0.05) is 6.61 Å². The summed E-state index contributed by atoms with van der Waals surface area (Å²) < 4.78 is 15.9. The predicted molar refractivity (Wildman–Crippen MR) is 40.7 cm³/mol. The van der Waals surface area contributed by atoms with Crippen LogP contribution >= 0.6 is 0 Å². The second-order valence-corrected chi connectivity index (χ2v) is 3.24. The molecule has 2 saturated heterocycles.